The lowest BCUT2D eigenvalue weighted by Crippen LogP contribution is -2.47. The number of amides is 2. The summed E-state index contributed by atoms with van der Waals surface area (Å²) >= 11 is 1.18. The summed E-state index contributed by atoms with van der Waals surface area (Å²) in [6.45, 7) is 5.19. The lowest BCUT2D eigenvalue weighted by Gasteiger charge is -2.39. The molecule has 1 aromatic rings. The highest BCUT2D eigenvalue weighted by Gasteiger charge is 2.32. The molecule has 1 aliphatic rings. The van der Waals surface area contributed by atoms with E-state index in [1.165, 1.54) is 11.5 Å². The van der Waals surface area contributed by atoms with Crippen LogP contribution in [-0.2, 0) is 0 Å². The molecule has 2 heterocycles. The Balaban J connectivity index is 1.96. The average molecular weight is 270 g/mol. The molecule has 0 aliphatic carbocycles. The second-order valence-electron chi connectivity index (χ2n) is 5.07. The topological polar surface area (TPSA) is 78.4 Å². The van der Waals surface area contributed by atoms with Crippen LogP contribution in [0.2, 0.25) is 0 Å². The van der Waals surface area contributed by atoms with Gasteiger partial charge >= 0.3 is 6.03 Å². The summed E-state index contributed by atoms with van der Waals surface area (Å²) in [5.41, 5.74) is -0.188. The monoisotopic (exact) mass is 270 g/mol. The van der Waals surface area contributed by atoms with Crippen LogP contribution >= 0.6 is 11.5 Å². The van der Waals surface area contributed by atoms with Gasteiger partial charge in [-0.3, -0.25) is 5.32 Å². The Morgan fingerprint density at radius 3 is 3.06 bits per heavy atom. The van der Waals surface area contributed by atoms with Crippen LogP contribution in [0.4, 0.5) is 9.93 Å². The number of hydrogen-bond donors (Lipinski definition) is 2. The fourth-order valence-corrected chi connectivity index (χ4v) is 2.70. The van der Waals surface area contributed by atoms with E-state index in [1.54, 1.807) is 11.8 Å². The Morgan fingerprint density at radius 1 is 1.67 bits per heavy atom. The van der Waals surface area contributed by atoms with Gasteiger partial charge in [0.15, 0.2) is 0 Å². The maximum absolute atomic E-state index is 12.1. The molecule has 18 heavy (non-hydrogen) atoms. The summed E-state index contributed by atoms with van der Waals surface area (Å²) in [6, 6.07) is -0.162. The zero-order chi connectivity index (χ0) is 13.2. The highest BCUT2D eigenvalue weighted by molar-refractivity contribution is 7.09. The molecule has 1 aromatic heterocycles. The molecule has 1 aliphatic heterocycles. The predicted molar refractivity (Wildman–Crippen MR) is 69.7 cm³/mol. The van der Waals surface area contributed by atoms with Crippen molar-refractivity contribution >= 4 is 22.7 Å². The third-order valence-electron chi connectivity index (χ3n) is 3.19. The molecule has 1 fully saturated rings. The van der Waals surface area contributed by atoms with Crippen LogP contribution < -0.4 is 5.32 Å². The number of aromatic nitrogens is 2. The molecule has 0 radical (unpaired) electrons. The third kappa shape index (κ3) is 2.97. The minimum atomic E-state index is -0.188. The first-order chi connectivity index (χ1) is 8.52. The molecule has 0 aromatic carbocycles. The Bertz CT molecular complexity index is 436. The SMILES string of the molecule is Cc1nsc(NC(=O)N2CCC[C@](C)(CO)C2)n1. The first-order valence-electron chi connectivity index (χ1n) is 5.99. The molecule has 1 atom stereocenters. The second kappa shape index (κ2) is 5.19. The van der Waals surface area contributed by atoms with E-state index in [4.69, 9.17) is 0 Å². The average Bonchev–Trinajstić information content (AvgIpc) is 2.75. The Labute approximate surface area is 110 Å². The van der Waals surface area contributed by atoms with Gasteiger partial charge in [-0.25, -0.2) is 9.78 Å². The molecular weight excluding hydrogens is 252 g/mol. The van der Waals surface area contributed by atoms with Gasteiger partial charge in [0.1, 0.15) is 5.82 Å². The molecule has 2 N–H and O–H groups in total. The lowest BCUT2D eigenvalue weighted by atomic mass is 9.83. The maximum Gasteiger partial charge on any atom is 0.323 e. The molecule has 100 valence electrons. The molecule has 6 nitrogen and oxygen atoms in total. The third-order valence-corrected chi connectivity index (χ3v) is 3.91. The summed E-state index contributed by atoms with van der Waals surface area (Å²) in [5.74, 6) is 0.661. The van der Waals surface area contributed by atoms with Crippen molar-refractivity contribution in [2.75, 3.05) is 25.0 Å². The van der Waals surface area contributed by atoms with Crippen molar-refractivity contribution in [3.05, 3.63) is 5.82 Å². The van der Waals surface area contributed by atoms with E-state index in [-0.39, 0.29) is 18.1 Å². The zero-order valence-electron chi connectivity index (χ0n) is 10.6. The van der Waals surface area contributed by atoms with Crippen LogP contribution in [0.1, 0.15) is 25.6 Å². The van der Waals surface area contributed by atoms with E-state index in [0.717, 1.165) is 19.4 Å². The molecule has 2 rings (SSSR count). The van der Waals surface area contributed by atoms with Gasteiger partial charge in [-0.2, -0.15) is 4.37 Å². The molecule has 0 unspecified atom stereocenters. The number of carbonyl (C=O) groups is 1. The van der Waals surface area contributed by atoms with Gasteiger partial charge in [0, 0.05) is 30.0 Å². The number of urea groups is 1. The predicted octanol–water partition coefficient (Wildman–Crippen LogP) is 1.47. The molecular formula is C11H18N4O2S. The summed E-state index contributed by atoms with van der Waals surface area (Å²) < 4.78 is 4.02. The second-order valence-corrected chi connectivity index (χ2v) is 5.82. The minimum absolute atomic E-state index is 0.106. The Hall–Kier alpha value is -1.21. The number of carbonyl (C=O) groups excluding carboxylic acids is 1. The van der Waals surface area contributed by atoms with Crippen LogP contribution in [0, 0.1) is 12.3 Å². The van der Waals surface area contributed by atoms with Crippen molar-refractivity contribution in [3.63, 3.8) is 0 Å². The van der Waals surface area contributed by atoms with Gasteiger partial charge in [-0.05, 0) is 19.8 Å². The number of nitrogens with zero attached hydrogens (tertiary/aromatic N) is 3. The summed E-state index contributed by atoms with van der Waals surface area (Å²) in [7, 11) is 0. The normalized spacial score (nSPS) is 24.1. The van der Waals surface area contributed by atoms with E-state index < -0.39 is 0 Å². The molecule has 7 heteroatoms. The van der Waals surface area contributed by atoms with Crippen LogP contribution in [0.25, 0.3) is 0 Å². The highest BCUT2D eigenvalue weighted by atomic mass is 32.1. The number of likely N-dealkylation sites (tertiary alicyclic amines) is 1. The number of aryl methyl sites for hydroxylation is 1. The minimum Gasteiger partial charge on any atom is -0.396 e. The van der Waals surface area contributed by atoms with E-state index in [1.807, 2.05) is 6.92 Å². The lowest BCUT2D eigenvalue weighted by molar-refractivity contribution is 0.0648. The number of hydrogen-bond acceptors (Lipinski definition) is 5. The number of aliphatic hydroxyl groups is 1. The van der Waals surface area contributed by atoms with Crippen molar-refractivity contribution < 1.29 is 9.90 Å². The summed E-state index contributed by atoms with van der Waals surface area (Å²) in [4.78, 5) is 17.9. The standard InChI is InChI=1S/C11H18N4O2S/c1-8-12-9(18-14-8)13-10(17)15-5-3-4-11(2,6-15)7-16/h16H,3-7H2,1-2H3,(H,12,13,14,17)/t11-/m0/s1. The van der Waals surface area contributed by atoms with E-state index >= 15 is 0 Å². The highest BCUT2D eigenvalue weighted by Crippen LogP contribution is 2.29. The van der Waals surface area contributed by atoms with Crippen LogP contribution in [-0.4, -0.2) is 45.1 Å². The molecule has 1 saturated heterocycles. The van der Waals surface area contributed by atoms with Gasteiger partial charge in [-0.1, -0.05) is 6.92 Å². The quantitative estimate of drug-likeness (QED) is 0.853. The van der Waals surface area contributed by atoms with Gasteiger partial charge in [0.25, 0.3) is 0 Å². The van der Waals surface area contributed by atoms with Gasteiger partial charge in [0.05, 0.1) is 6.61 Å². The first-order valence-corrected chi connectivity index (χ1v) is 6.77. The largest absolute Gasteiger partial charge is 0.396 e. The fraction of sp³-hybridized carbons (Fsp3) is 0.727. The van der Waals surface area contributed by atoms with Crippen molar-refractivity contribution in [1.82, 2.24) is 14.3 Å². The van der Waals surface area contributed by atoms with Gasteiger partial charge in [0.2, 0.25) is 5.13 Å². The molecule has 0 bridgehead atoms. The number of anilines is 1. The van der Waals surface area contributed by atoms with Crippen LogP contribution in [0.15, 0.2) is 0 Å². The number of piperidine rings is 1. The summed E-state index contributed by atoms with van der Waals surface area (Å²) in [6.07, 6.45) is 1.87. The number of rotatable bonds is 2. The van der Waals surface area contributed by atoms with Crippen molar-refractivity contribution in [1.29, 1.82) is 0 Å². The van der Waals surface area contributed by atoms with Crippen molar-refractivity contribution in [2.45, 2.75) is 26.7 Å². The molecule has 0 saturated carbocycles. The molecule has 0 spiro atoms. The maximum atomic E-state index is 12.1. The smallest absolute Gasteiger partial charge is 0.323 e. The molecule has 2 amide bonds. The van der Waals surface area contributed by atoms with Crippen LogP contribution in [0.5, 0.6) is 0 Å². The van der Waals surface area contributed by atoms with Crippen molar-refractivity contribution in [3.8, 4) is 0 Å². The van der Waals surface area contributed by atoms with Gasteiger partial charge in [-0.15, -0.1) is 0 Å². The fourth-order valence-electron chi connectivity index (χ4n) is 2.14. The summed E-state index contributed by atoms with van der Waals surface area (Å²) in [5, 5.41) is 12.6. The van der Waals surface area contributed by atoms with Gasteiger partial charge < -0.3 is 10.0 Å². The number of aliphatic hydroxyl groups excluding tert-OH is 1. The van der Waals surface area contributed by atoms with E-state index in [9.17, 15) is 9.90 Å². The van der Waals surface area contributed by atoms with Crippen molar-refractivity contribution in [2.24, 2.45) is 5.41 Å². The first kappa shape index (κ1) is 13.2. The zero-order valence-corrected chi connectivity index (χ0v) is 11.5. The Morgan fingerprint density at radius 2 is 2.44 bits per heavy atom. The van der Waals surface area contributed by atoms with E-state index in [0.29, 0.717) is 17.5 Å². The Kier molecular flexibility index (Phi) is 3.82. The van der Waals surface area contributed by atoms with Crippen LogP contribution in [0.3, 0.4) is 0 Å². The number of nitrogens with one attached hydrogen (secondary N) is 1. The van der Waals surface area contributed by atoms with E-state index in [2.05, 4.69) is 14.7 Å².